The third-order valence-corrected chi connectivity index (χ3v) is 5.38. The summed E-state index contributed by atoms with van der Waals surface area (Å²) < 4.78 is 15.4. The van der Waals surface area contributed by atoms with Crippen molar-refractivity contribution < 1.29 is 43.1 Å². The topological polar surface area (TPSA) is 179 Å². The number of nitrogens with one attached hydrogen (secondary N) is 1. The number of rotatable bonds is 9. The number of nitro benzene ring substituents is 1. The first-order valence-electron chi connectivity index (χ1n) is 10.9. The zero-order chi connectivity index (χ0) is 27.4. The Kier molecular flexibility index (Phi) is 7.19. The van der Waals surface area contributed by atoms with Gasteiger partial charge in [0, 0.05) is 6.07 Å². The first-order valence-corrected chi connectivity index (χ1v) is 10.9. The summed E-state index contributed by atoms with van der Waals surface area (Å²) in [5.41, 5.74) is 0.278. The molecular formula is C25H19N3O10. The van der Waals surface area contributed by atoms with Crippen molar-refractivity contribution in [3.8, 4) is 5.75 Å². The van der Waals surface area contributed by atoms with Gasteiger partial charge in [0.2, 0.25) is 5.76 Å². The summed E-state index contributed by atoms with van der Waals surface area (Å²) >= 11 is 0. The fourth-order valence-electron chi connectivity index (χ4n) is 3.56. The number of imide groups is 1. The molecule has 3 aromatic rings. The predicted molar refractivity (Wildman–Crippen MR) is 128 cm³/mol. The Labute approximate surface area is 214 Å². The van der Waals surface area contributed by atoms with Gasteiger partial charge in [0.15, 0.2) is 5.75 Å². The highest BCUT2D eigenvalue weighted by Crippen LogP contribution is 2.30. The van der Waals surface area contributed by atoms with E-state index in [9.17, 15) is 29.3 Å². The number of urea groups is 1. The van der Waals surface area contributed by atoms with Crippen LogP contribution in [0.4, 0.5) is 10.5 Å². The lowest BCUT2D eigenvalue weighted by atomic mass is 10.1. The second kappa shape index (κ2) is 10.7. The van der Waals surface area contributed by atoms with Crippen LogP contribution in [0.1, 0.15) is 37.8 Å². The normalized spacial score (nSPS) is 13.9. The molecule has 0 bridgehead atoms. The number of carbonyl (C=O) groups is 4. The van der Waals surface area contributed by atoms with Gasteiger partial charge >= 0.3 is 23.7 Å². The van der Waals surface area contributed by atoms with Crippen LogP contribution >= 0.6 is 0 Å². The van der Waals surface area contributed by atoms with Crippen LogP contribution in [0.3, 0.4) is 0 Å². The fraction of sp³-hybridized carbons (Fsp3) is 0.120. The summed E-state index contributed by atoms with van der Waals surface area (Å²) in [7, 11) is 1.18. The molecule has 0 aliphatic carbocycles. The molecule has 38 heavy (non-hydrogen) atoms. The number of nitro groups is 1. The Morgan fingerprint density at radius 1 is 1.16 bits per heavy atom. The maximum absolute atomic E-state index is 12.8. The highest BCUT2D eigenvalue weighted by atomic mass is 16.6. The molecule has 2 aromatic carbocycles. The second-order valence-corrected chi connectivity index (χ2v) is 7.92. The number of carbonyl (C=O) groups excluding carboxylic acids is 3. The van der Waals surface area contributed by atoms with Gasteiger partial charge in [-0.05, 0) is 47.5 Å². The highest BCUT2D eigenvalue weighted by molar-refractivity contribution is 6.13. The van der Waals surface area contributed by atoms with Crippen molar-refractivity contribution in [2.45, 2.75) is 13.2 Å². The molecule has 0 atom stereocenters. The third kappa shape index (κ3) is 5.51. The lowest BCUT2D eigenvalue weighted by Gasteiger charge is -2.09. The number of hydrogen-bond donors (Lipinski definition) is 2. The van der Waals surface area contributed by atoms with Crippen molar-refractivity contribution in [2.75, 3.05) is 7.11 Å². The van der Waals surface area contributed by atoms with Gasteiger partial charge in [-0.15, -0.1) is 0 Å². The zero-order valence-corrected chi connectivity index (χ0v) is 19.7. The summed E-state index contributed by atoms with van der Waals surface area (Å²) in [6.45, 7) is -0.370. The van der Waals surface area contributed by atoms with Crippen LogP contribution in [0.5, 0.6) is 5.75 Å². The Morgan fingerprint density at radius 3 is 2.66 bits per heavy atom. The van der Waals surface area contributed by atoms with Crippen LogP contribution in [-0.4, -0.2) is 45.9 Å². The first kappa shape index (κ1) is 25.6. The standard InChI is InChI=1S/C25H19N3O10/c1-36-24(32)21-8-6-17(38-21)12-27-22(29)18(26-25(27)33)10-14-5-7-20(19(11-14)28(34)35)37-13-15-3-2-4-16(9-15)23(30)31/h2-11H,12-13H2,1H3,(H,26,33)(H,30,31)/b18-10-. The van der Waals surface area contributed by atoms with E-state index in [-0.39, 0.29) is 47.2 Å². The Bertz CT molecular complexity index is 1490. The number of carboxylic acid groups (broad SMARTS) is 1. The van der Waals surface area contributed by atoms with Crippen LogP contribution in [0.25, 0.3) is 6.08 Å². The molecule has 194 valence electrons. The molecule has 1 fully saturated rings. The molecule has 0 radical (unpaired) electrons. The molecule has 1 aliphatic heterocycles. The van der Waals surface area contributed by atoms with E-state index < -0.39 is 34.5 Å². The third-order valence-electron chi connectivity index (χ3n) is 5.38. The average molecular weight is 521 g/mol. The van der Waals surface area contributed by atoms with E-state index in [1.807, 2.05) is 0 Å². The summed E-state index contributed by atoms with van der Waals surface area (Å²) in [5.74, 6) is -2.52. The Balaban J connectivity index is 1.50. The lowest BCUT2D eigenvalue weighted by molar-refractivity contribution is -0.386. The maximum atomic E-state index is 12.8. The summed E-state index contributed by atoms with van der Waals surface area (Å²) in [4.78, 5) is 59.6. The van der Waals surface area contributed by atoms with E-state index in [4.69, 9.17) is 14.3 Å². The van der Waals surface area contributed by atoms with E-state index in [1.54, 1.807) is 6.07 Å². The van der Waals surface area contributed by atoms with E-state index >= 15 is 0 Å². The molecule has 1 aromatic heterocycles. The number of benzene rings is 2. The molecule has 4 rings (SSSR count). The van der Waals surface area contributed by atoms with Crippen LogP contribution in [0.2, 0.25) is 0 Å². The van der Waals surface area contributed by atoms with E-state index in [1.165, 1.54) is 61.7 Å². The first-order chi connectivity index (χ1) is 18.2. The van der Waals surface area contributed by atoms with Gasteiger partial charge in [-0.2, -0.15) is 0 Å². The molecular weight excluding hydrogens is 502 g/mol. The Morgan fingerprint density at radius 2 is 1.95 bits per heavy atom. The molecule has 3 amide bonds. The van der Waals surface area contributed by atoms with Crippen molar-refractivity contribution in [2.24, 2.45) is 0 Å². The summed E-state index contributed by atoms with van der Waals surface area (Å²) in [6.07, 6.45) is 1.27. The van der Waals surface area contributed by atoms with Crippen LogP contribution in [-0.2, 0) is 22.7 Å². The van der Waals surface area contributed by atoms with E-state index in [0.29, 0.717) is 5.56 Å². The van der Waals surface area contributed by atoms with E-state index in [0.717, 1.165) is 4.90 Å². The Hall–Kier alpha value is -5.46. The minimum absolute atomic E-state index is 0.0517. The van der Waals surface area contributed by atoms with E-state index in [2.05, 4.69) is 10.1 Å². The van der Waals surface area contributed by atoms with Gasteiger partial charge in [0.05, 0.1) is 24.1 Å². The largest absolute Gasteiger partial charge is 0.482 e. The number of furan rings is 1. The second-order valence-electron chi connectivity index (χ2n) is 7.92. The number of esters is 1. The molecule has 0 spiro atoms. The lowest BCUT2D eigenvalue weighted by Crippen LogP contribution is -2.30. The quantitative estimate of drug-likeness (QED) is 0.139. The van der Waals surface area contributed by atoms with Gasteiger partial charge in [-0.1, -0.05) is 18.2 Å². The number of hydrogen-bond acceptors (Lipinski definition) is 9. The zero-order valence-electron chi connectivity index (χ0n) is 19.7. The summed E-state index contributed by atoms with van der Waals surface area (Å²) in [5, 5.41) is 23.2. The van der Waals surface area contributed by atoms with Crippen molar-refractivity contribution in [1.29, 1.82) is 0 Å². The van der Waals surface area contributed by atoms with Crippen molar-refractivity contribution in [1.82, 2.24) is 10.2 Å². The molecule has 13 heteroatoms. The molecule has 2 N–H and O–H groups in total. The SMILES string of the molecule is COC(=O)c1ccc(CN2C(=O)N/C(=C\c3ccc(OCc4cccc(C(=O)O)c4)c([N+](=O)[O-])c3)C2=O)o1. The molecule has 2 heterocycles. The number of nitrogens with zero attached hydrogens (tertiary/aromatic N) is 2. The number of carboxylic acids is 1. The number of ether oxygens (including phenoxy) is 2. The van der Waals surface area contributed by atoms with Gasteiger partial charge in [0.25, 0.3) is 5.91 Å². The van der Waals surface area contributed by atoms with Gasteiger partial charge < -0.3 is 24.3 Å². The van der Waals surface area contributed by atoms with Crippen LogP contribution in [0, 0.1) is 10.1 Å². The van der Waals surface area contributed by atoms with Crippen molar-refractivity contribution in [3.05, 3.63) is 98.6 Å². The minimum atomic E-state index is -1.11. The molecule has 0 unspecified atom stereocenters. The average Bonchev–Trinajstić information content (AvgIpc) is 3.47. The molecule has 1 aliphatic rings. The highest BCUT2D eigenvalue weighted by Gasteiger charge is 2.34. The van der Waals surface area contributed by atoms with Crippen molar-refractivity contribution in [3.63, 3.8) is 0 Å². The molecule has 13 nitrogen and oxygen atoms in total. The van der Waals surface area contributed by atoms with Gasteiger partial charge in [0.1, 0.15) is 18.1 Å². The van der Waals surface area contributed by atoms with Crippen LogP contribution < -0.4 is 10.1 Å². The number of aromatic carboxylic acids is 1. The monoisotopic (exact) mass is 521 g/mol. The van der Waals surface area contributed by atoms with Crippen LogP contribution in [0.15, 0.2) is 64.7 Å². The molecule has 1 saturated heterocycles. The molecule has 0 saturated carbocycles. The smallest absolute Gasteiger partial charge is 0.373 e. The van der Waals surface area contributed by atoms with Crippen molar-refractivity contribution >= 4 is 35.6 Å². The summed E-state index contributed by atoms with van der Waals surface area (Å²) in [6, 6.07) is 12.0. The maximum Gasteiger partial charge on any atom is 0.373 e. The predicted octanol–water partition coefficient (Wildman–Crippen LogP) is 3.34. The minimum Gasteiger partial charge on any atom is -0.482 e. The van der Waals surface area contributed by atoms with Gasteiger partial charge in [-0.25, -0.2) is 14.4 Å². The van der Waals surface area contributed by atoms with Gasteiger partial charge in [-0.3, -0.25) is 19.8 Å². The number of methoxy groups -OCH3 is 1. The number of amides is 3. The fourth-order valence-corrected chi connectivity index (χ4v) is 3.56.